The number of hydrogen-bond donors (Lipinski definition) is 3. The molecule has 0 amide bonds. The zero-order valence-corrected chi connectivity index (χ0v) is 12.3. The molecule has 8 heteroatoms. The lowest BCUT2D eigenvalue weighted by atomic mass is 10.1. The summed E-state index contributed by atoms with van der Waals surface area (Å²) in [5, 5.41) is 19.5. The van der Waals surface area contributed by atoms with E-state index in [1.165, 1.54) is 11.4 Å². The van der Waals surface area contributed by atoms with E-state index in [0.717, 1.165) is 11.3 Å². The van der Waals surface area contributed by atoms with Gasteiger partial charge in [0, 0.05) is 6.04 Å². The Morgan fingerprint density at radius 3 is 2.58 bits per heavy atom. The third-order valence-corrected chi connectivity index (χ3v) is 5.01. The lowest BCUT2D eigenvalue weighted by molar-refractivity contribution is 0.0698. The van der Waals surface area contributed by atoms with Crippen LogP contribution < -0.4 is 4.72 Å². The Labute approximate surface area is 116 Å². The van der Waals surface area contributed by atoms with Gasteiger partial charge in [-0.1, -0.05) is 13.8 Å². The van der Waals surface area contributed by atoms with Crippen molar-refractivity contribution < 1.29 is 23.4 Å². The number of thiophene rings is 1. The molecule has 0 aliphatic rings. The molecule has 1 heterocycles. The van der Waals surface area contributed by atoms with E-state index in [1.807, 2.05) is 13.8 Å². The van der Waals surface area contributed by atoms with Crippen LogP contribution >= 0.6 is 11.3 Å². The maximum absolute atomic E-state index is 12.1. The van der Waals surface area contributed by atoms with Crippen LogP contribution in [0.4, 0.5) is 0 Å². The molecule has 0 aliphatic heterocycles. The third-order valence-electron chi connectivity index (χ3n) is 2.41. The van der Waals surface area contributed by atoms with Gasteiger partial charge in [0.05, 0.1) is 6.61 Å². The highest BCUT2D eigenvalue weighted by Crippen LogP contribution is 2.22. The number of rotatable bonds is 7. The van der Waals surface area contributed by atoms with E-state index >= 15 is 0 Å². The molecule has 0 spiro atoms. The molecule has 0 radical (unpaired) electrons. The summed E-state index contributed by atoms with van der Waals surface area (Å²) in [5.74, 6) is -1.07. The van der Waals surface area contributed by atoms with Crippen LogP contribution in [0.5, 0.6) is 0 Å². The minimum atomic E-state index is -3.93. The predicted octanol–water partition coefficient (Wildman–Crippen LogP) is 1.13. The number of aliphatic hydroxyl groups excluding tert-OH is 1. The Bertz CT molecular complexity index is 535. The average Bonchev–Trinajstić information content (AvgIpc) is 2.76. The fraction of sp³-hybridized carbons (Fsp3) is 0.545. The van der Waals surface area contributed by atoms with Gasteiger partial charge in [-0.2, -0.15) is 0 Å². The summed E-state index contributed by atoms with van der Waals surface area (Å²) < 4.78 is 26.5. The van der Waals surface area contributed by atoms with E-state index in [1.54, 1.807) is 0 Å². The highest BCUT2D eigenvalue weighted by Gasteiger charge is 2.26. The molecule has 0 saturated carbocycles. The summed E-state index contributed by atoms with van der Waals surface area (Å²) in [6, 6.07) is 0.631. The molecule has 3 N–H and O–H groups in total. The van der Waals surface area contributed by atoms with E-state index in [-0.39, 0.29) is 22.3 Å². The molecular weight excluding hydrogens is 290 g/mol. The number of aromatic carboxylic acids is 1. The first-order valence-corrected chi connectivity index (χ1v) is 8.08. The summed E-state index contributed by atoms with van der Waals surface area (Å²) in [6.07, 6.45) is 0.474. The first-order chi connectivity index (χ1) is 8.77. The standard InChI is InChI=1S/C11H17NO5S2/c1-7(2)5-8(6-13)12-19(16,17)9-3-4-18-10(9)11(14)15/h3-4,7-8,12-13H,5-6H2,1-2H3,(H,14,15). The van der Waals surface area contributed by atoms with Crippen LogP contribution in [0.1, 0.15) is 29.9 Å². The molecule has 0 aromatic carbocycles. The Hall–Kier alpha value is -0.960. The third kappa shape index (κ3) is 4.27. The number of aliphatic hydroxyl groups is 1. The van der Waals surface area contributed by atoms with Crippen LogP contribution in [0.15, 0.2) is 16.3 Å². The topological polar surface area (TPSA) is 104 Å². The van der Waals surface area contributed by atoms with Crippen molar-refractivity contribution in [2.45, 2.75) is 31.2 Å². The van der Waals surface area contributed by atoms with Crippen molar-refractivity contribution in [2.75, 3.05) is 6.61 Å². The molecule has 1 atom stereocenters. The molecule has 0 bridgehead atoms. The van der Waals surface area contributed by atoms with Crippen LogP contribution in [0.25, 0.3) is 0 Å². The minimum Gasteiger partial charge on any atom is -0.477 e. The van der Waals surface area contributed by atoms with E-state index in [9.17, 15) is 18.3 Å². The Balaban J connectivity index is 2.97. The van der Waals surface area contributed by atoms with Gasteiger partial charge in [0.15, 0.2) is 0 Å². The average molecular weight is 307 g/mol. The minimum absolute atomic E-state index is 0.210. The number of nitrogens with one attached hydrogen (secondary N) is 1. The summed E-state index contributed by atoms with van der Waals surface area (Å²) in [6.45, 7) is 3.48. The van der Waals surface area contributed by atoms with Crippen LogP contribution in [0, 0.1) is 5.92 Å². The number of carboxylic acid groups (broad SMARTS) is 1. The Kier molecular flexibility index (Phi) is 5.48. The van der Waals surface area contributed by atoms with Crippen molar-refractivity contribution >= 4 is 27.3 Å². The van der Waals surface area contributed by atoms with Gasteiger partial charge in [-0.05, 0) is 23.8 Å². The zero-order chi connectivity index (χ0) is 14.6. The first kappa shape index (κ1) is 16.1. The molecule has 1 unspecified atom stereocenters. The number of carboxylic acids is 1. The smallest absolute Gasteiger partial charge is 0.347 e. The molecule has 6 nitrogen and oxygen atoms in total. The SMILES string of the molecule is CC(C)CC(CO)NS(=O)(=O)c1ccsc1C(=O)O. The summed E-state index contributed by atoms with van der Waals surface area (Å²) in [4.78, 5) is 10.4. The summed E-state index contributed by atoms with van der Waals surface area (Å²) >= 11 is 0.852. The number of hydrogen-bond acceptors (Lipinski definition) is 5. The van der Waals surface area contributed by atoms with Gasteiger partial charge in [-0.3, -0.25) is 0 Å². The monoisotopic (exact) mass is 307 g/mol. The van der Waals surface area contributed by atoms with Crippen molar-refractivity contribution in [2.24, 2.45) is 5.92 Å². The molecule has 1 rings (SSSR count). The van der Waals surface area contributed by atoms with Crippen LogP contribution in [0.2, 0.25) is 0 Å². The Morgan fingerprint density at radius 1 is 1.47 bits per heavy atom. The van der Waals surface area contributed by atoms with Gasteiger partial charge in [0.1, 0.15) is 9.77 Å². The lowest BCUT2D eigenvalue weighted by Gasteiger charge is -2.18. The fourth-order valence-electron chi connectivity index (χ4n) is 1.68. The van der Waals surface area contributed by atoms with E-state index in [2.05, 4.69) is 4.72 Å². The maximum Gasteiger partial charge on any atom is 0.347 e. The largest absolute Gasteiger partial charge is 0.477 e. The predicted molar refractivity (Wildman–Crippen MR) is 71.9 cm³/mol. The van der Waals surface area contributed by atoms with Crippen molar-refractivity contribution in [3.63, 3.8) is 0 Å². The van der Waals surface area contributed by atoms with Gasteiger partial charge in [-0.15, -0.1) is 11.3 Å². The molecule has 0 saturated heterocycles. The van der Waals surface area contributed by atoms with Gasteiger partial charge in [0.25, 0.3) is 0 Å². The van der Waals surface area contributed by atoms with E-state index in [4.69, 9.17) is 5.11 Å². The molecule has 19 heavy (non-hydrogen) atoms. The molecule has 0 aliphatic carbocycles. The van der Waals surface area contributed by atoms with Crippen molar-refractivity contribution in [1.29, 1.82) is 0 Å². The second-order valence-electron chi connectivity index (χ2n) is 4.55. The highest BCUT2D eigenvalue weighted by atomic mass is 32.2. The normalized spacial score (nSPS) is 13.7. The molecule has 0 fully saturated rings. The zero-order valence-electron chi connectivity index (χ0n) is 10.7. The van der Waals surface area contributed by atoms with Gasteiger partial charge < -0.3 is 10.2 Å². The first-order valence-electron chi connectivity index (χ1n) is 5.72. The molecule has 1 aromatic heterocycles. The highest BCUT2D eigenvalue weighted by molar-refractivity contribution is 7.89. The summed E-state index contributed by atoms with van der Waals surface area (Å²) in [7, 11) is -3.93. The second kappa shape index (κ2) is 6.47. The quantitative estimate of drug-likeness (QED) is 0.700. The van der Waals surface area contributed by atoms with Gasteiger partial charge in [0.2, 0.25) is 10.0 Å². The Morgan fingerprint density at radius 2 is 2.11 bits per heavy atom. The lowest BCUT2D eigenvalue weighted by Crippen LogP contribution is -2.38. The van der Waals surface area contributed by atoms with Crippen molar-refractivity contribution in [1.82, 2.24) is 4.72 Å². The van der Waals surface area contributed by atoms with E-state index < -0.39 is 22.0 Å². The fourth-order valence-corrected chi connectivity index (χ4v) is 4.18. The number of sulfonamides is 1. The van der Waals surface area contributed by atoms with E-state index in [0.29, 0.717) is 6.42 Å². The molecule has 1 aromatic rings. The van der Waals surface area contributed by atoms with Gasteiger partial charge in [-0.25, -0.2) is 17.9 Å². The second-order valence-corrected chi connectivity index (χ2v) is 7.15. The van der Waals surface area contributed by atoms with Crippen LogP contribution in [-0.4, -0.2) is 37.2 Å². The molecular formula is C11H17NO5S2. The number of carbonyl (C=O) groups is 1. The van der Waals surface area contributed by atoms with Gasteiger partial charge >= 0.3 is 5.97 Å². The maximum atomic E-state index is 12.1. The summed E-state index contributed by atoms with van der Waals surface area (Å²) in [5.41, 5.74) is 0. The molecule has 108 valence electrons. The van der Waals surface area contributed by atoms with Crippen molar-refractivity contribution in [3.05, 3.63) is 16.3 Å². The van der Waals surface area contributed by atoms with Crippen molar-refractivity contribution in [3.8, 4) is 0 Å². The van der Waals surface area contributed by atoms with Crippen LogP contribution in [-0.2, 0) is 10.0 Å². The van der Waals surface area contributed by atoms with Crippen LogP contribution in [0.3, 0.4) is 0 Å².